The van der Waals surface area contributed by atoms with Crippen molar-refractivity contribution in [2.24, 2.45) is 0 Å². The molecular weight excluding hydrogens is 403 g/mol. The van der Waals surface area contributed by atoms with Crippen molar-refractivity contribution >= 4 is 28.4 Å². The van der Waals surface area contributed by atoms with Crippen molar-refractivity contribution in [1.29, 1.82) is 0 Å². The van der Waals surface area contributed by atoms with Crippen LogP contribution in [0.2, 0.25) is 0 Å². The SMILES string of the molecule is Cc1cc(C)cc(-c2c(C(C)C)c(=O)n([Se])c(=S)n2COCCO)c1. The third-order valence-corrected chi connectivity index (χ3v) is 5.25. The van der Waals surface area contributed by atoms with E-state index in [0.717, 1.165) is 22.4 Å². The van der Waals surface area contributed by atoms with E-state index < -0.39 is 0 Å². The van der Waals surface area contributed by atoms with Gasteiger partial charge in [0.25, 0.3) is 0 Å². The summed E-state index contributed by atoms with van der Waals surface area (Å²) in [6.45, 7) is 8.35. The van der Waals surface area contributed by atoms with Crippen molar-refractivity contribution in [1.82, 2.24) is 8.15 Å². The number of nitrogens with zero attached hydrogens (tertiary/aromatic N) is 2. The first-order valence-electron chi connectivity index (χ1n) is 8.12. The second-order valence-corrected chi connectivity index (χ2v) is 7.50. The Morgan fingerprint density at radius 3 is 2.36 bits per heavy atom. The molecule has 7 heteroatoms. The fourth-order valence-electron chi connectivity index (χ4n) is 2.93. The molecule has 5 nitrogen and oxygen atoms in total. The summed E-state index contributed by atoms with van der Waals surface area (Å²) in [7, 11) is 0. The van der Waals surface area contributed by atoms with Gasteiger partial charge < -0.3 is 0 Å². The number of aliphatic hydroxyl groups is 1. The van der Waals surface area contributed by atoms with Gasteiger partial charge in [-0.2, -0.15) is 0 Å². The Labute approximate surface area is 161 Å². The molecule has 0 aliphatic heterocycles. The Hall–Kier alpha value is -1.24. The number of aromatic nitrogens is 2. The van der Waals surface area contributed by atoms with Crippen LogP contribution in [0.25, 0.3) is 11.3 Å². The number of ether oxygens (including phenoxy) is 1. The van der Waals surface area contributed by atoms with Crippen molar-refractivity contribution in [2.45, 2.75) is 40.3 Å². The van der Waals surface area contributed by atoms with Gasteiger partial charge in [0.05, 0.1) is 0 Å². The Morgan fingerprint density at radius 2 is 1.84 bits per heavy atom. The van der Waals surface area contributed by atoms with Gasteiger partial charge in [-0.1, -0.05) is 0 Å². The van der Waals surface area contributed by atoms with Gasteiger partial charge in [-0.05, 0) is 0 Å². The van der Waals surface area contributed by atoms with Gasteiger partial charge in [0.15, 0.2) is 0 Å². The van der Waals surface area contributed by atoms with Crippen LogP contribution in [-0.4, -0.2) is 42.7 Å². The molecule has 0 unspecified atom stereocenters. The summed E-state index contributed by atoms with van der Waals surface area (Å²) in [4.78, 5) is 12.8. The molecule has 0 atom stereocenters. The zero-order valence-corrected chi connectivity index (χ0v) is 17.4. The van der Waals surface area contributed by atoms with Crippen LogP contribution >= 0.6 is 12.2 Å². The van der Waals surface area contributed by atoms with Gasteiger partial charge in [-0.25, -0.2) is 0 Å². The van der Waals surface area contributed by atoms with Gasteiger partial charge in [0.1, 0.15) is 0 Å². The summed E-state index contributed by atoms with van der Waals surface area (Å²) in [5.74, 6) is 0.0163. The molecule has 2 rings (SSSR count). The van der Waals surface area contributed by atoms with Crippen LogP contribution in [0.1, 0.15) is 36.5 Å². The van der Waals surface area contributed by atoms with Crippen LogP contribution < -0.4 is 5.56 Å². The van der Waals surface area contributed by atoms with Crippen LogP contribution in [0.5, 0.6) is 0 Å². The quantitative estimate of drug-likeness (QED) is 0.439. The van der Waals surface area contributed by atoms with Gasteiger partial charge in [-0.3, -0.25) is 0 Å². The molecule has 0 saturated carbocycles. The minimum atomic E-state index is -0.132. The average Bonchev–Trinajstić information content (AvgIpc) is 2.53. The second-order valence-electron chi connectivity index (χ2n) is 6.36. The number of rotatable bonds is 6. The summed E-state index contributed by atoms with van der Waals surface area (Å²) in [6.07, 6.45) is 0. The molecule has 0 amide bonds. The molecular formula is C18H23N2O3SSe. The molecule has 135 valence electrons. The zero-order valence-electron chi connectivity index (χ0n) is 14.9. The van der Waals surface area contributed by atoms with E-state index in [4.69, 9.17) is 22.1 Å². The Bertz CT molecular complexity index is 867. The molecule has 0 fully saturated rings. The molecule has 1 N–H and O–H groups in total. The molecule has 1 heterocycles. The van der Waals surface area contributed by atoms with E-state index in [9.17, 15) is 4.79 Å². The molecule has 0 aliphatic carbocycles. The van der Waals surface area contributed by atoms with Crippen molar-refractivity contribution < 1.29 is 9.84 Å². The minimum absolute atomic E-state index is 0.0163. The van der Waals surface area contributed by atoms with E-state index in [1.807, 2.05) is 32.3 Å². The molecule has 0 bridgehead atoms. The first-order valence-corrected chi connectivity index (χ1v) is 9.29. The number of benzene rings is 1. The summed E-state index contributed by atoms with van der Waals surface area (Å²) >= 11 is 8.22. The van der Waals surface area contributed by atoms with Crippen molar-refractivity contribution in [3.8, 4) is 11.3 Å². The fraction of sp³-hybridized carbons (Fsp3) is 0.444. The van der Waals surface area contributed by atoms with E-state index in [1.54, 1.807) is 0 Å². The molecule has 1 aromatic heterocycles. The third-order valence-electron chi connectivity index (χ3n) is 3.87. The van der Waals surface area contributed by atoms with Crippen LogP contribution in [-0.2, 0) is 11.5 Å². The molecule has 25 heavy (non-hydrogen) atoms. The van der Waals surface area contributed by atoms with E-state index in [0.29, 0.717) is 10.3 Å². The molecule has 0 saturated heterocycles. The maximum atomic E-state index is 12.8. The summed E-state index contributed by atoms with van der Waals surface area (Å²) in [5, 5.41) is 8.99. The third kappa shape index (κ3) is 4.30. The van der Waals surface area contributed by atoms with E-state index in [1.165, 1.54) is 3.58 Å². The number of aliphatic hydroxyl groups excluding tert-OH is 1. The van der Waals surface area contributed by atoms with Crippen LogP contribution in [0.3, 0.4) is 0 Å². The predicted octanol–water partition coefficient (Wildman–Crippen LogP) is 2.68. The normalized spacial score (nSPS) is 11.3. The summed E-state index contributed by atoms with van der Waals surface area (Å²) in [5.41, 5.74) is 4.51. The molecule has 0 aliphatic rings. The maximum absolute atomic E-state index is 12.8. The molecule has 1 radical (unpaired) electrons. The molecule has 1 aromatic carbocycles. The zero-order chi connectivity index (χ0) is 18.7. The van der Waals surface area contributed by atoms with E-state index in [2.05, 4.69) is 34.4 Å². The Morgan fingerprint density at radius 1 is 1.24 bits per heavy atom. The number of hydrogen-bond acceptors (Lipinski definition) is 4. The number of aryl methyl sites for hydroxylation is 2. The van der Waals surface area contributed by atoms with Gasteiger partial charge in [0, 0.05) is 0 Å². The Balaban J connectivity index is 2.85. The van der Waals surface area contributed by atoms with Crippen LogP contribution in [0.4, 0.5) is 0 Å². The Kier molecular flexibility index (Phi) is 6.77. The monoisotopic (exact) mass is 427 g/mol. The number of hydrogen-bond donors (Lipinski definition) is 1. The van der Waals surface area contributed by atoms with Gasteiger partial charge >= 0.3 is 161 Å². The topological polar surface area (TPSA) is 56.4 Å². The first kappa shape index (κ1) is 20.1. The van der Waals surface area contributed by atoms with E-state index in [-0.39, 0.29) is 31.4 Å². The average molecular weight is 426 g/mol. The van der Waals surface area contributed by atoms with Crippen molar-refractivity contribution in [3.05, 3.63) is 50.0 Å². The van der Waals surface area contributed by atoms with E-state index >= 15 is 0 Å². The summed E-state index contributed by atoms with van der Waals surface area (Å²) in [6, 6.07) is 6.19. The van der Waals surface area contributed by atoms with Gasteiger partial charge in [0.2, 0.25) is 0 Å². The van der Waals surface area contributed by atoms with Crippen molar-refractivity contribution in [2.75, 3.05) is 13.2 Å². The fourth-order valence-corrected chi connectivity index (χ4v) is 3.57. The van der Waals surface area contributed by atoms with Crippen LogP contribution in [0, 0.1) is 18.6 Å². The van der Waals surface area contributed by atoms with Crippen molar-refractivity contribution in [3.63, 3.8) is 0 Å². The standard InChI is InChI=1S/C18H23N2O3SSe/c1-11(2)15-16(14-8-12(3)7-13(4)9-14)19(10-23-6-5-21)18(24)20(25)17(15)22/h7-9,11,21H,5-6,10H2,1-4H3. The molecule has 0 spiro atoms. The molecule has 2 aromatic rings. The first-order chi connectivity index (χ1) is 11.8. The predicted molar refractivity (Wildman–Crippen MR) is 103 cm³/mol. The van der Waals surface area contributed by atoms with Crippen LogP contribution in [0.15, 0.2) is 23.0 Å². The van der Waals surface area contributed by atoms with Gasteiger partial charge in [-0.15, -0.1) is 0 Å². The summed E-state index contributed by atoms with van der Waals surface area (Å²) < 4.78 is 9.04. The second kappa shape index (κ2) is 8.43.